The summed E-state index contributed by atoms with van der Waals surface area (Å²) in [6, 6.07) is 7.92. The van der Waals surface area contributed by atoms with Crippen LogP contribution in [0.4, 0.5) is 5.69 Å². The van der Waals surface area contributed by atoms with Gasteiger partial charge >= 0.3 is 0 Å². The van der Waals surface area contributed by atoms with Crippen LogP contribution in [-0.4, -0.2) is 56.5 Å². The molecule has 0 atom stereocenters. The van der Waals surface area contributed by atoms with Gasteiger partial charge in [0.25, 0.3) is 0 Å². The predicted molar refractivity (Wildman–Crippen MR) is 94.3 cm³/mol. The van der Waals surface area contributed by atoms with Crippen LogP contribution in [0, 0.1) is 5.92 Å². The molecule has 1 fully saturated rings. The first-order valence-corrected chi connectivity index (χ1v) is 8.43. The van der Waals surface area contributed by atoms with Crippen molar-refractivity contribution in [3.63, 3.8) is 0 Å². The fourth-order valence-corrected chi connectivity index (χ4v) is 2.64. The molecule has 0 unspecified atom stereocenters. The van der Waals surface area contributed by atoms with E-state index < -0.39 is 0 Å². The Balaban J connectivity index is 1.79. The lowest BCUT2D eigenvalue weighted by molar-refractivity contribution is -0.136. The Labute approximate surface area is 143 Å². The number of hydrogen-bond acceptors (Lipinski definition) is 4. The number of piperazine rings is 1. The molecule has 0 radical (unpaired) electrons. The van der Waals surface area contributed by atoms with Crippen molar-refractivity contribution in [1.82, 2.24) is 10.2 Å². The van der Waals surface area contributed by atoms with Crippen LogP contribution in [0.25, 0.3) is 0 Å². The van der Waals surface area contributed by atoms with Gasteiger partial charge in [-0.05, 0) is 30.2 Å². The van der Waals surface area contributed by atoms with Crippen LogP contribution >= 0.6 is 0 Å². The molecule has 6 nitrogen and oxygen atoms in total. The summed E-state index contributed by atoms with van der Waals surface area (Å²) in [5.41, 5.74) is 1.12. The van der Waals surface area contributed by atoms with Gasteiger partial charge in [0.15, 0.2) is 0 Å². The third-order valence-electron chi connectivity index (χ3n) is 4.09. The second kappa shape index (κ2) is 8.57. The van der Waals surface area contributed by atoms with Gasteiger partial charge in [-0.25, -0.2) is 0 Å². The predicted octanol–water partition coefficient (Wildman–Crippen LogP) is 1.51. The molecule has 0 aliphatic carbocycles. The van der Waals surface area contributed by atoms with Gasteiger partial charge in [-0.2, -0.15) is 0 Å². The lowest BCUT2D eigenvalue weighted by Crippen LogP contribution is -2.49. The second-order valence-corrected chi connectivity index (χ2v) is 6.44. The van der Waals surface area contributed by atoms with E-state index >= 15 is 0 Å². The molecule has 0 spiro atoms. The second-order valence-electron chi connectivity index (χ2n) is 6.44. The number of amides is 2. The Hall–Kier alpha value is -2.24. The van der Waals surface area contributed by atoms with Gasteiger partial charge in [0, 0.05) is 38.4 Å². The number of benzene rings is 1. The summed E-state index contributed by atoms with van der Waals surface area (Å²) in [5.74, 6) is 0.939. The van der Waals surface area contributed by atoms with Crippen molar-refractivity contribution < 1.29 is 14.3 Å². The average Bonchev–Trinajstić information content (AvgIpc) is 2.60. The maximum absolute atomic E-state index is 12.2. The van der Waals surface area contributed by atoms with Gasteiger partial charge in [0.1, 0.15) is 12.2 Å². The Bertz CT molecular complexity index is 549. The van der Waals surface area contributed by atoms with Crippen LogP contribution in [0.15, 0.2) is 24.3 Å². The third kappa shape index (κ3) is 5.15. The minimum atomic E-state index is -0.189. The SMILES string of the molecule is COc1ccc(N2CCN(C(=O)CC(=O)NCC(C)C)CC2)cc1. The number of carbonyl (C=O) groups excluding carboxylic acids is 2. The average molecular weight is 333 g/mol. The van der Waals surface area contributed by atoms with Crippen LogP contribution in [0.3, 0.4) is 0 Å². The molecule has 1 aliphatic heterocycles. The number of nitrogens with zero attached hydrogens (tertiary/aromatic N) is 2. The summed E-state index contributed by atoms with van der Waals surface area (Å²) in [6.45, 7) is 7.49. The molecule has 0 bridgehead atoms. The molecule has 132 valence electrons. The van der Waals surface area contributed by atoms with Crippen LogP contribution in [0.5, 0.6) is 5.75 Å². The van der Waals surface area contributed by atoms with Gasteiger partial charge in [-0.3, -0.25) is 9.59 Å². The minimum absolute atomic E-state index is 0.0603. The third-order valence-corrected chi connectivity index (χ3v) is 4.09. The lowest BCUT2D eigenvalue weighted by Gasteiger charge is -2.36. The zero-order chi connectivity index (χ0) is 17.5. The molecule has 1 aromatic carbocycles. The van der Waals surface area contributed by atoms with E-state index in [0.717, 1.165) is 24.5 Å². The number of ether oxygens (including phenoxy) is 1. The van der Waals surface area contributed by atoms with E-state index in [0.29, 0.717) is 25.6 Å². The van der Waals surface area contributed by atoms with E-state index in [-0.39, 0.29) is 18.2 Å². The van der Waals surface area contributed by atoms with Crippen molar-refractivity contribution in [1.29, 1.82) is 0 Å². The molecule has 2 rings (SSSR count). The normalized spacial score (nSPS) is 14.7. The molecular formula is C18H27N3O3. The smallest absolute Gasteiger partial charge is 0.232 e. The fourth-order valence-electron chi connectivity index (χ4n) is 2.64. The monoisotopic (exact) mass is 333 g/mol. The highest BCUT2D eigenvalue weighted by Gasteiger charge is 2.22. The summed E-state index contributed by atoms with van der Waals surface area (Å²) in [6.07, 6.45) is -0.0603. The highest BCUT2D eigenvalue weighted by molar-refractivity contribution is 5.96. The van der Waals surface area contributed by atoms with Crippen molar-refractivity contribution >= 4 is 17.5 Å². The molecule has 1 heterocycles. The van der Waals surface area contributed by atoms with Crippen molar-refractivity contribution in [2.45, 2.75) is 20.3 Å². The Morgan fingerprint density at radius 1 is 1.12 bits per heavy atom. The van der Waals surface area contributed by atoms with Crippen LogP contribution < -0.4 is 15.0 Å². The van der Waals surface area contributed by atoms with Crippen molar-refractivity contribution in [2.24, 2.45) is 5.92 Å². The van der Waals surface area contributed by atoms with E-state index in [2.05, 4.69) is 10.2 Å². The summed E-state index contributed by atoms with van der Waals surface area (Å²) in [7, 11) is 1.65. The van der Waals surface area contributed by atoms with Gasteiger partial charge in [0.05, 0.1) is 7.11 Å². The maximum Gasteiger partial charge on any atom is 0.232 e. The summed E-state index contributed by atoms with van der Waals surface area (Å²) >= 11 is 0. The summed E-state index contributed by atoms with van der Waals surface area (Å²) in [4.78, 5) is 28.0. The quantitative estimate of drug-likeness (QED) is 0.802. The lowest BCUT2D eigenvalue weighted by atomic mass is 10.2. The van der Waals surface area contributed by atoms with Crippen LogP contribution in [0.1, 0.15) is 20.3 Å². The standard InChI is InChI=1S/C18H27N3O3/c1-14(2)13-19-17(22)12-18(23)21-10-8-20(9-11-21)15-4-6-16(24-3)7-5-15/h4-7,14H,8-13H2,1-3H3,(H,19,22). The van der Waals surface area contributed by atoms with Crippen LogP contribution in [-0.2, 0) is 9.59 Å². The van der Waals surface area contributed by atoms with Gasteiger partial charge in [-0.1, -0.05) is 13.8 Å². The first-order valence-electron chi connectivity index (χ1n) is 8.43. The molecule has 2 amide bonds. The molecule has 0 saturated carbocycles. The Morgan fingerprint density at radius 3 is 2.29 bits per heavy atom. The van der Waals surface area contributed by atoms with E-state index in [1.807, 2.05) is 38.1 Å². The Kier molecular flexibility index (Phi) is 6.46. The zero-order valence-corrected chi connectivity index (χ0v) is 14.7. The van der Waals surface area contributed by atoms with Crippen LogP contribution in [0.2, 0.25) is 0 Å². The van der Waals surface area contributed by atoms with Gasteiger partial charge in [0.2, 0.25) is 11.8 Å². The molecule has 1 aromatic rings. The first-order chi connectivity index (χ1) is 11.5. The molecule has 1 aliphatic rings. The molecule has 1 N–H and O–H groups in total. The topological polar surface area (TPSA) is 61.9 Å². The van der Waals surface area contributed by atoms with Gasteiger partial charge < -0.3 is 19.9 Å². The Morgan fingerprint density at radius 2 is 1.75 bits per heavy atom. The molecule has 6 heteroatoms. The zero-order valence-electron chi connectivity index (χ0n) is 14.7. The molecular weight excluding hydrogens is 306 g/mol. The van der Waals surface area contributed by atoms with E-state index in [4.69, 9.17) is 4.74 Å². The number of nitrogens with one attached hydrogen (secondary N) is 1. The van der Waals surface area contributed by atoms with Crippen molar-refractivity contribution in [2.75, 3.05) is 44.7 Å². The minimum Gasteiger partial charge on any atom is -0.497 e. The highest BCUT2D eigenvalue weighted by atomic mass is 16.5. The van der Waals surface area contributed by atoms with Crippen molar-refractivity contribution in [3.8, 4) is 5.75 Å². The van der Waals surface area contributed by atoms with Crippen molar-refractivity contribution in [3.05, 3.63) is 24.3 Å². The van der Waals surface area contributed by atoms with E-state index in [1.165, 1.54) is 0 Å². The molecule has 24 heavy (non-hydrogen) atoms. The highest BCUT2D eigenvalue weighted by Crippen LogP contribution is 2.20. The summed E-state index contributed by atoms with van der Waals surface area (Å²) in [5, 5.41) is 2.79. The molecule has 0 aromatic heterocycles. The van der Waals surface area contributed by atoms with Gasteiger partial charge in [-0.15, -0.1) is 0 Å². The number of hydrogen-bond donors (Lipinski definition) is 1. The maximum atomic E-state index is 12.2. The number of rotatable bonds is 6. The number of anilines is 1. The number of carbonyl (C=O) groups is 2. The van der Waals surface area contributed by atoms with E-state index in [1.54, 1.807) is 12.0 Å². The molecule has 1 saturated heterocycles. The van der Waals surface area contributed by atoms with E-state index in [9.17, 15) is 9.59 Å². The fraction of sp³-hybridized carbons (Fsp3) is 0.556. The largest absolute Gasteiger partial charge is 0.497 e. The summed E-state index contributed by atoms with van der Waals surface area (Å²) < 4.78 is 5.17. The first kappa shape index (κ1) is 18.1. The number of methoxy groups -OCH3 is 1.